The highest BCUT2D eigenvalue weighted by Crippen LogP contribution is 2.16. The topological polar surface area (TPSA) is 32.8 Å². The fraction of sp³-hybridized carbons (Fsp3) is 0.444. The summed E-state index contributed by atoms with van der Waals surface area (Å²) in [5.41, 5.74) is 0.891. The fourth-order valence-corrected chi connectivity index (χ4v) is 0.983. The summed E-state index contributed by atoms with van der Waals surface area (Å²) in [6, 6.07) is 1.80. The van der Waals surface area contributed by atoms with Crippen molar-refractivity contribution in [1.82, 2.24) is 4.98 Å². The maximum atomic E-state index is 11.1. The molecule has 1 radical (unpaired) electrons. The SMILES string of the molecule is CCCCc1ccncc1[O]. The molecule has 0 aliphatic carbocycles. The predicted octanol–water partition coefficient (Wildman–Crippen LogP) is 2.57. The maximum Gasteiger partial charge on any atom is 0.200 e. The smallest absolute Gasteiger partial charge is 0.200 e. The lowest BCUT2D eigenvalue weighted by atomic mass is 10.1. The zero-order chi connectivity index (χ0) is 8.10. The van der Waals surface area contributed by atoms with Crippen LogP contribution in [0.15, 0.2) is 18.5 Å². The maximum absolute atomic E-state index is 11.1. The van der Waals surface area contributed by atoms with Crippen LogP contribution < -0.4 is 0 Å². The minimum Gasteiger partial charge on any atom is -0.288 e. The van der Waals surface area contributed by atoms with E-state index in [1.807, 2.05) is 0 Å². The lowest BCUT2D eigenvalue weighted by molar-refractivity contribution is 0.347. The monoisotopic (exact) mass is 150 g/mol. The molecular weight excluding hydrogens is 138 g/mol. The molecule has 0 fully saturated rings. The number of aryl methyl sites for hydroxylation is 1. The first-order valence-electron chi connectivity index (χ1n) is 3.94. The molecule has 0 unspecified atom stereocenters. The molecule has 0 aliphatic rings. The fourth-order valence-electron chi connectivity index (χ4n) is 0.983. The molecule has 59 valence electrons. The average Bonchev–Trinajstić information content (AvgIpc) is 2.03. The van der Waals surface area contributed by atoms with E-state index in [1.54, 1.807) is 12.3 Å². The van der Waals surface area contributed by atoms with E-state index >= 15 is 0 Å². The molecule has 1 heterocycles. The molecule has 0 saturated carbocycles. The van der Waals surface area contributed by atoms with Crippen LogP contribution >= 0.6 is 0 Å². The molecule has 0 N–H and O–H groups in total. The highest BCUT2D eigenvalue weighted by molar-refractivity contribution is 5.27. The van der Waals surface area contributed by atoms with Crippen LogP contribution in [0, 0.1) is 0 Å². The minimum absolute atomic E-state index is 0.0703. The van der Waals surface area contributed by atoms with E-state index in [2.05, 4.69) is 11.9 Å². The van der Waals surface area contributed by atoms with Crippen LogP contribution in [-0.4, -0.2) is 4.98 Å². The summed E-state index contributed by atoms with van der Waals surface area (Å²) >= 11 is 0. The summed E-state index contributed by atoms with van der Waals surface area (Å²) in [6.45, 7) is 2.12. The highest BCUT2D eigenvalue weighted by Gasteiger charge is 1.99. The van der Waals surface area contributed by atoms with Crippen LogP contribution in [0.1, 0.15) is 25.3 Å². The molecule has 0 atom stereocenters. The largest absolute Gasteiger partial charge is 0.288 e. The van der Waals surface area contributed by atoms with Crippen LogP contribution in [0.4, 0.5) is 0 Å². The van der Waals surface area contributed by atoms with Gasteiger partial charge in [-0.1, -0.05) is 13.3 Å². The quantitative estimate of drug-likeness (QED) is 0.651. The average molecular weight is 150 g/mol. The van der Waals surface area contributed by atoms with Crippen LogP contribution in [0.25, 0.3) is 0 Å². The van der Waals surface area contributed by atoms with Crippen LogP contribution in [-0.2, 0) is 11.5 Å². The lowest BCUT2D eigenvalue weighted by Crippen LogP contribution is -1.85. The number of aromatic nitrogens is 1. The summed E-state index contributed by atoms with van der Waals surface area (Å²) in [4.78, 5) is 3.74. The molecule has 0 amide bonds. The predicted molar refractivity (Wildman–Crippen MR) is 43.0 cm³/mol. The number of pyridine rings is 1. The van der Waals surface area contributed by atoms with Crippen LogP contribution in [0.3, 0.4) is 0 Å². The number of nitrogens with zero attached hydrogens (tertiary/aromatic N) is 1. The van der Waals surface area contributed by atoms with Gasteiger partial charge < -0.3 is 0 Å². The molecule has 2 heteroatoms. The molecule has 1 aromatic rings. The molecule has 0 bridgehead atoms. The molecular formula is C9H12NO. The van der Waals surface area contributed by atoms with Gasteiger partial charge in [-0.2, -0.15) is 0 Å². The van der Waals surface area contributed by atoms with Crippen LogP contribution in [0.5, 0.6) is 5.75 Å². The van der Waals surface area contributed by atoms with Gasteiger partial charge in [0.1, 0.15) is 0 Å². The molecule has 0 aliphatic heterocycles. The van der Waals surface area contributed by atoms with Gasteiger partial charge in [0.25, 0.3) is 0 Å². The number of hydrogen-bond acceptors (Lipinski definition) is 1. The van der Waals surface area contributed by atoms with Gasteiger partial charge in [0.05, 0.1) is 6.20 Å². The van der Waals surface area contributed by atoms with Crippen molar-refractivity contribution in [1.29, 1.82) is 0 Å². The summed E-state index contributed by atoms with van der Waals surface area (Å²) < 4.78 is 0. The van der Waals surface area contributed by atoms with Crippen molar-refractivity contribution in [3.8, 4) is 5.75 Å². The first-order valence-corrected chi connectivity index (χ1v) is 3.94. The molecule has 11 heavy (non-hydrogen) atoms. The number of hydrogen-bond donors (Lipinski definition) is 0. The van der Waals surface area contributed by atoms with E-state index in [0.717, 1.165) is 24.8 Å². The Hall–Kier alpha value is -1.05. The number of rotatable bonds is 3. The summed E-state index contributed by atoms with van der Waals surface area (Å²) in [5.74, 6) is 0.0703. The Morgan fingerprint density at radius 1 is 1.55 bits per heavy atom. The van der Waals surface area contributed by atoms with Gasteiger partial charge in [-0.3, -0.25) is 10.1 Å². The standard InChI is InChI=1S/C9H12NO/c1-2-3-4-8-5-6-10-7-9(8)11/h5-7H,2-4H2,1H3. The first-order chi connectivity index (χ1) is 5.34. The Morgan fingerprint density at radius 3 is 3.00 bits per heavy atom. The van der Waals surface area contributed by atoms with Crippen molar-refractivity contribution in [2.24, 2.45) is 0 Å². The lowest BCUT2D eigenvalue weighted by Gasteiger charge is -1.98. The minimum atomic E-state index is 0.0703. The van der Waals surface area contributed by atoms with Crippen molar-refractivity contribution in [2.45, 2.75) is 26.2 Å². The third kappa shape index (κ3) is 2.22. The van der Waals surface area contributed by atoms with E-state index in [1.165, 1.54) is 6.20 Å². The third-order valence-electron chi connectivity index (χ3n) is 1.67. The normalized spacial score (nSPS) is 9.91. The summed E-state index contributed by atoms with van der Waals surface area (Å²) in [5, 5.41) is 11.1. The van der Waals surface area contributed by atoms with E-state index in [9.17, 15) is 5.11 Å². The first kappa shape index (κ1) is 8.05. The number of unbranched alkanes of at least 4 members (excludes halogenated alkanes) is 1. The van der Waals surface area contributed by atoms with Crippen LogP contribution in [0.2, 0.25) is 0 Å². The Bertz CT molecular complexity index is 223. The zero-order valence-electron chi connectivity index (χ0n) is 6.71. The second kappa shape index (κ2) is 3.96. The third-order valence-corrected chi connectivity index (χ3v) is 1.67. The van der Waals surface area contributed by atoms with E-state index < -0.39 is 0 Å². The van der Waals surface area contributed by atoms with Gasteiger partial charge >= 0.3 is 0 Å². The van der Waals surface area contributed by atoms with Gasteiger partial charge in [-0.05, 0) is 18.9 Å². The van der Waals surface area contributed by atoms with Gasteiger partial charge in [-0.25, -0.2) is 0 Å². The zero-order valence-corrected chi connectivity index (χ0v) is 6.71. The summed E-state index contributed by atoms with van der Waals surface area (Å²) in [6.07, 6.45) is 6.15. The molecule has 0 aromatic carbocycles. The second-order valence-corrected chi connectivity index (χ2v) is 2.59. The Kier molecular flexibility index (Phi) is 2.90. The van der Waals surface area contributed by atoms with Gasteiger partial charge in [-0.15, -0.1) is 0 Å². The molecule has 0 saturated heterocycles. The highest BCUT2D eigenvalue weighted by atomic mass is 16.3. The summed E-state index contributed by atoms with van der Waals surface area (Å²) in [7, 11) is 0. The second-order valence-electron chi connectivity index (χ2n) is 2.59. The van der Waals surface area contributed by atoms with Gasteiger partial charge in [0.15, 0.2) is 5.75 Å². The Balaban J connectivity index is 2.62. The van der Waals surface area contributed by atoms with E-state index in [0.29, 0.717) is 0 Å². The van der Waals surface area contributed by atoms with Crippen molar-refractivity contribution in [2.75, 3.05) is 0 Å². The van der Waals surface area contributed by atoms with Crippen molar-refractivity contribution < 1.29 is 5.11 Å². The Labute approximate surface area is 66.9 Å². The Morgan fingerprint density at radius 2 is 2.36 bits per heavy atom. The van der Waals surface area contributed by atoms with Crippen molar-refractivity contribution in [3.63, 3.8) is 0 Å². The van der Waals surface area contributed by atoms with Crippen molar-refractivity contribution >= 4 is 0 Å². The van der Waals surface area contributed by atoms with Gasteiger partial charge in [0, 0.05) is 11.8 Å². The van der Waals surface area contributed by atoms with Gasteiger partial charge in [0.2, 0.25) is 0 Å². The molecule has 1 rings (SSSR count). The van der Waals surface area contributed by atoms with Crippen molar-refractivity contribution in [3.05, 3.63) is 24.0 Å². The van der Waals surface area contributed by atoms with E-state index in [4.69, 9.17) is 0 Å². The van der Waals surface area contributed by atoms with E-state index in [-0.39, 0.29) is 5.75 Å². The molecule has 0 spiro atoms. The molecule has 2 nitrogen and oxygen atoms in total. The molecule has 1 aromatic heterocycles.